The van der Waals surface area contributed by atoms with Gasteiger partial charge in [-0.2, -0.15) is 0 Å². The second-order valence-electron chi connectivity index (χ2n) is 5.88. The van der Waals surface area contributed by atoms with Gasteiger partial charge in [0.2, 0.25) is 0 Å². The van der Waals surface area contributed by atoms with E-state index in [9.17, 15) is 0 Å². The SMILES string of the molecule is C1=C2SCC=C2c2ccccc21.c1ccc(Nc2ccccc2)cc1. The highest BCUT2D eigenvalue weighted by molar-refractivity contribution is 8.04. The van der Waals surface area contributed by atoms with Crippen molar-refractivity contribution in [2.75, 3.05) is 11.1 Å². The summed E-state index contributed by atoms with van der Waals surface area (Å²) in [5.41, 5.74) is 6.49. The molecule has 5 rings (SSSR count). The van der Waals surface area contributed by atoms with Gasteiger partial charge in [0.25, 0.3) is 0 Å². The molecule has 1 aliphatic carbocycles. The van der Waals surface area contributed by atoms with Gasteiger partial charge < -0.3 is 5.32 Å². The molecule has 0 fully saturated rings. The monoisotopic (exact) mass is 341 g/mol. The second-order valence-corrected chi connectivity index (χ2v) is 6.94. The predicted octanol–water partition coefficient (Wildman–Crippen LogP) is 6.60. The highest BCUT2D eigenvalue weighted by Gasteiger charge is 2.21. The molecule has 0 bridgehead atoms. The van der Waals surface area contributed by atoms with Crippen LogP contribution >= 0.6 is 11.8 Å². The molecule has 1 nitrogen and oxygen atoms in total. The van der Waals surface area contributed by atoms with Crippen LogP contribution in [0.1, 0.15) is 11.1 Å². The van der Waals surface area contributed by atoms with E-state index in [1.165, 1.54) is 21.6 Å². The largest absolute Gasteiger partial charge is 0.356 e. The first-order valence-electron chi connectivity index (χ1n) is 8.42. The molecular weight excluding hydrogens is 322 g/mol. The summed E-state index contributed by atoms with van der Waals surface area (Å²) in [6.07, 6.45) is 4.61. The van der Waals surface area contributed by atoms with Gasteiger partial charge in [-0.15, -0.1) is 11.8 Å². The van der Waals surface area contributed by atoms with Crippen LogP contribution in [0.4, 0.5) is 11.4 Å². The molecule has 0 saturated carbocycles. The van der Waals surface area contributed by atoms with Gasteiger partial charge in [-0.05, 0) is 47.0 Å². The fraction of sp³-hybridized carbons (Fsp3) is 0.0435. The Morgan fingerprint density at radius 3 is 1.96 bits per heavy atom. The minimum atomic E-state index is 1.12. The zero-order valence-electron chi connectivity index (χ0n) is 13.9. The van der Waals surface area contributed by atoms with Crippen molar-refractivity contribution in [3.05, 3.63) is 107 Å². The molecule has 3 aromatic carbocycles. The number of benzene rings is 3. The van der Waals surface area contributed by atoms with Crippen LogP contribution in [0.2, 0.25) is 0 Å². The number of rotatable bonds is 2. The zero-order chi connectivity index (χ0) is 16.9. The molecule has 1 N–H and O–H groups in total. The molecule has 0 atom stereocenters. The third kappa shape index (κ3) is 3.70. The summed E-state index contributed by atoms with van der Waals surface area (Å²) in [5, 5.41) is 3.30. The fourth-order valence-corrected chi connectivity index (χ4v) is 3.96. The van der Waals surface area contributed by atoms with Gasteiger partial charge in [0.15, 0.2) is 0 Å². The number of nitrogens with one attached hydrogen (secondary N) is 1. The predicted molar refractivity (Wildman–Crippen MR) is 111 cm³/mol. The Hall–Kier alpha value is -2.71. The Kier molecular flexibility index (Phi) is 4.71. The van der Waals surface area contributed by atoms with Gasteiger partial charge >= 0.3 is 0 Å². The number of thioether (sulfide) groups is 1. The van der Waals surface area contributed by atoms with E-state index >= 15 is 0 Å². The third-order valence-corrected chi connectivity index (χ3v) is 5.15. The average molecular weight is 341 g/mol. The Morgan fingerprint density at radius 2 is 1.28 bits per heavy atom. The first-order chi connectivity index (χ1) is 12.4. The lowest BCUT2D eigenvalue weighted by molar-refractivity contribution is 1.55. The highest BCUT2D eigenvalue weighted by Crippen LogP contribution is 2.45. The number of anilines is 2. The lowest BCUT2D eigenvalue weighted by atomic mass is 10.1. The number of para-hydroxylation sites is 2. The second kappa shape index (κ2) is 7.45. The summed E-state index contributed by atoms with van der Waals surface area (Å²) < 4.78 is 0. The summed E-state index contributed by atoms with van der Waals surface area (Å²) in [4.78, 5) is 1.45. The zero-order valence-corrected chi connectivity index (χ0v) is 14.7. The molecule has 0 saturated heterocycles. The van der Waals surface area contributed by atoms with E-state index in [1.54, 1.807) is 0 Å². The first kappa shape index (κ1) is 15.8. The quantitative estimate of drug-likeness (QED) is 0.563. The number of hydrogen-bond acceptors (Lipinski definition) is 2. The van der Waals surface area contributed by atoms with Crippen molar-refractivity contribution in [3.63, 3.8) is 0 Å². The van der Waals surface area contributed by atoms with Crippen LogP contribution in [0.25, 0.3) is 11.6 Å². The molecule has 122 valence electrons. The summed E-state index contributed by atoms with van der Waals surface area (Å²) in [6, 6.07) is 28.9. The van der Waals surface area contributed by atoms with Gasteiger partial charge in [-0.3, -0.25) is 0 Å². The molecule has 0 amide bonds. The summed E-state index contributed by atoms with van der Waals surface area (Å²) in [7, 11) is 0. The van der Waals surface area contributed by atoms with Crippen LogP contribution in [-0.2, 0) is 0 Å². The number of allylic oxidation sites excluding steroid dienone is 1. The Bertz CT molecular complexity index is 874. The van der Waals surface area contributed by atoms with Crippen molar-refractivity contribution < 1.29 is 0 Å². The molecule has 25 heavy (non-hydrogen) atoms. The molecule has 1 aliphatic heterocycles. The van der Waals surface area contributed by atoms with Crippen molar-refractivity contribution in [1.82, 2.24) is 0 Å². The molecule has 0 aromatic heterocycles. The maximum Gasteiger partial charge on any atom is 0.0384 e. The molecule has 0 unspecified atom stereocenters. The van der Waals surface area contributed by atoms with Crippen LogP contribution in [-0.4, -0.2) is 5.75 Å². The molecule has 0 spiro atoms. The minimum absolute atomic E-state index is 1.12. The maximum atomic E-state index is 3.30. The van der Waals surface area contributed by atoms with Crippen molar-refractivity contribution in [1.29, 1.82) is 0 Å². The van der Waals surface area contributed by atoms with Crippen molar-refractivity contribution >= 4 is 34.8 Å². The van der Waals surface area contributed by atoms with Gasteiger partial charge in [0.05, 0.1) is 0 Å². The number of hydrogen-bond donors (Lipinski definition) is 1. The summed E-state index contributed by atoms with van der Waals surface area (Å²) in [6.45, 7) is 0. The molecule has 3 aromatic rings. The van der Waals surface area contributed by atoms with Crippen LogP contribution in [0.15, 0.2) is 95.9 Å². The van der Waals surface area contributed by atoms with Crippen LogP contribution in [0.5, 0.6) is 0 Å². The molecular formula is C23H19NS. The number of fused-ring (bicyclic) bond motifs is 3. The van der Waals surface area contributed by atoms with E-state index in [-0.39, 0.29) is 0 Å². The van der Waals surface area contributed by atoms with E-state index in [1.807, 2.05) is 72.4 Å². The molecule has 0 radical (unpaired) electrons. The standard InChI is InChI=1S/C12H11N.C11H8S/c1-3-7-11(8-4-1)13-12-9-5-2-6-10-12;1-2-4-9-8(3-1)7-11-10(9)5-6-12-11/h1-10,13H;1-5,7H,6H2. The summed E-state index contributed by atoms with van der Waals surface area (Å²) >= 11 is 1.94. The van der Waals surface area contributed by atoms with E-state index in [2.05, 4.69) is 41.7 Å². The van der Waals surface area contributed by atoms with E-state index < -0.39 is 0 Å². The van der Waals surface area contributed by atoms with E-state index in [4.69, 9.17) is 0 Å². The average Bonchev–Trinajstić information content (AvgIpc) is 3.25. The van der Waals surface area contributed by atoms with Crippen LogP contribution in [0, 0.1) is 0 Å². The normalized spacial score (nSPS) is 13.8. The van der Waals surface area contributed by atoms with Crippen molar-refractivity contribution in [2.24, 2.45) is 0 Å². The highest BCUT2D eigenvalue weighted by atomic mass is 32.2. The molecule has 2 aliphatic rings. The van der Waals surface area contributed by atoms with Gasteiger partial charge in [-0.25, -0.2) is 0 Å². The Labute approximate surface area is 153 Å². The maximum absolute atomic E-state index is 3.30. The van der Waals surface area contributed by atoms with Gasteiger partial charge in [-0.1, -0.05) is 66.7 Å². The van der Waals surface area contributed by atoms with Gasteiger partial charge in [0, 0.05) is 22.0 Å². The third-order valence-electron chi connectivity index (χ3n) is 4.17. The fourth-order valence-electron chi connectivity index (χ4n) is 2.97. The lowest BCUT2D eigenvalue weighted by Gasteiger charge is -2.04. The summed E-state index contributed by atoms with van der Waals surface area (Å²) in [5.74, 6) is 1.15. The topological polar surface area (TPSA) is 12.0 Å². The Balaban J connectivity index is 0.000000126. The van der Waals surface area contributed by atoms with E-state index in [0.29, 0.717) is 0 Å². The van der Waals surface area contributed by atoms with Crippen molar-refractivity contribution in [2.45, 2.75) is 0 Å². The van der Waals surface area contributed by atoms with Crippen LogP contribution in [0.3, 0.4) is 0 Å². The minimum Gasteiger partial charge on any atom is -0.356 e. The smallest absolute Gasteiger partial charge is 0.0384 e. The van der Waals surface area contributed by atoms with Gasteiger partial charge in [0.1, 0.15) is 0 Å². The molecule has 2 heteroatoms. The molecule has 1 heterocycles. The van der Waals surface area contributed by atoms with Crippen LogP contribution < -0.4 is 5.32 Å². The Morgan fingerprint density at radius 1 is 0.680 bits per heavy atom. The van der Waals surface area contributed by atoms with Crippen molar-refractivity contribution in [3.8, 4) is 0 Å². The first-order valence-corrected chi connectivity index (χ1v) is 9.40. The van der Waals surface area contributed by atoms with E-state index in [0.717, 1.165) is 17.1 Å². The lowest BCUT2D eigenvalue weighted by Crippen LogP contribution is -1.87.